The molecule has 0 saturated heterocycles. The second-order valence-electron chi connectivity index (χ2n) is 4.26. The van der Waals surface area contributed by atoms with Gasteiger partial charge in [-0.3, -0.25) is 0 Å². The molecule has 18 heavy (non-hydrogen) atoms. The number of aromatic carboxylic acids is 1. The van der Waals surface area contributed by atoms with Crippen molar-refractivity contribution < 1.29 is 14.3 Å². The molecule has 2 rings (SSSR count). The molecule has 0 fully saturated rings. The average molecular weight is 244 g/mol. The van der Waals surface area contributed by atoms with E-state index in [2.05, 4.69) is 12.1 Å². The summed E-state index contributed by atoms with van der Waals surface area (Å²) in [6, 6.07) is 13.6. The summed E-state index contributed by atoms with van der Waals surface area (Å²) >= 11 is 0. The molecule has 1 aromatic heterocycles. The largest absolute Gasteiger partial charge is 0.475 e. The maximum Gasteiger partial charge on any atom is 0.371 e. The zero-order valence-electron chi connectivity index (χ0n) is 10.1. The first kappa shape index (κ1) is 12.4. The van der Waals surface area contributed by atoms with Gasteiger partial charge in [-0.1, -0.05) is 30.3 Å². The molecular formula is C15H16O3. The molecular weight excluding hydrogens is 228 g/mol. The summed E-state index contributed by atoms with van der Waals surface area (Å²) in [6.07, 6.45) is 3.92. The molecule has 0 saturated carbocycles. The maximum atomic E-state index is 10.6. The van der Waals surface area contributed by atoms with Gasteiger partial charge in [0.15, 0.2) is 0 Å². The number of benzene rings is 1. The summed E-state index contributed by atoms with van der Waals surface area (Å²) in [5.41, 5.74) is 1.34. The van der Waals surface area contributed by atoms with Crippen LogP contribution >= 0.6 is 0 Å². The number of hydrogen-bond acceptors (Lipinski definition) is 2. The molecule has 2 aromatic rings. The number of carbonyl (C=O) groups is 1. The van der Waals surface area contributed by atoms with Crippen LogP contribution < -0.4 is 0 Å². The summed E-state index contributed by atoms with van der Waals surface area (Å²) in [7, 11) is 0. The van der Waals surface area contributed by atoms with Gasteiger partial charge in [0, 0.05) is 6.42 Å². The van der Waals surface area contributed by atoms with Crippen molar-refractivity contribution in [1.82, 2.24) is 0 Å². The molecule has 94 valence electrons. The number of hydrogen-bond donors (Lipinski definition) is 1. The van der Waals surface area contributed by atoms with E-state index in [4.69, 9.17) is 9.52 Å². The molecule has 0 spiro atoms. The van der Waals surface area contributed by atoms with Crippen LogP contribution in [0.2, 0.25) is 0 Å². The Kier molecular flexibility index (Phi) is 4.18. The molecule has 0 unspecified atom stereocenters. The van der Waals surface area contributed by atoms with Gasteiger partial charge in [-0.15, -0.1) is 0 Å². The minimum atomic E-state index is -1.01. The van der Waals surface area contributed by atoms with Crippen LogP contribution in [0.25, 0.3) is 0 Å². The van der Waals surface area contributed by atoms with Gasteiger partial charge in [0.1, 0.15) is 5.76 Å². The lowest BCUT2D eigenvalue weighted by Crippen LogP contribution is -1.92. The highest BCUT2D eigenvalue weighted by Crippen LogP contribution is 2.12. The minimum absolute atomic E-state index is 0.0214. The van der Waals surface area contributed by atoms with E-state index >= 15 is 0 Å². The first-order chi connectivity index (χ1) is 8.75. The average Bonchev–Trinajstić information content (AvgIpc) is 2.85. The molecule has 0 radical (unpaired) electrons. The van der Waals surface area contributed by atoms with Crippen molar-refractivity contribution >= 4 is 5.97 Å². The molecule has 3 heteroatoms. The summed E-state index contributed by atoms with van der Waals surface area (Å²) in [6.45, 7) is 0. The van der Waals surface area contributed by atoms with Crippen LogP contribution in [0.15, 0.2) is 46.9 Å². The fraction of sp³-hybridized carbons (Fsp3) is 0.267. The second kappa shape index (κ2) is 6.05. The van der Waals surface area contributed by atoms with Crippen LogP contribution in [0, 0.1) is 0 Å². The van der Waals surface area contributed by atoms with Gasteiger partial charge in [-0.25, -0.2) is 4.79 Å². The third-order valence-electron chi connectivity index (χ3n) is 2.85. The number of unbranched alkanes of at least 4 members (excludes halogenated alkanes) is 1. The summed E-state index contributed by atoms with van der Waals surface area (Å²) in [5.74, 6) is -0.237. The summed E-state index contributed by atoms with van der Waals surface area (Å²) in [4.78, 5) is 10.6. The molecule has 0 atom stereocenters. The van der Waals surface area contributed by atoms with Gasteiger partial charge >= 0.3 is 5.97 Å². The van der Waals surface area contributed by atoms with Gasteiger partial charge in [0.05, 0.1) is 0 Å². The van der Waals surface area contributed by atoms with E-state index in [1.807, 2.05) is 18.2 Å². The summed E-state index contributed by atoms with van der Waals surface area (Å²) in [5, 5.41) is 8.72. The highest BCUT2D eigenvalue weighted by Gasteiger charge is 2.08. The van der Waals surface area contributed by atoms with E-state index in [0.717, 1.165) is 31.4 Å². The Morgan fingerprint density at radius 1 is 1.00 bits per heavy atom. The standard InChI is InChI=1S/C15H16O3/c16-15(17)14-11-10-13(18-14)9-5-4-8-12-6-2-1-3-7-12/h1-3,6-7,10-11H,4-5,8-9H2,(H,16,17). The first-order valence-electron chi connectivity index (χ1n) is 6.11. The van der Waals surface area contributed by atoms with Crippen molar-refractivity contribution in [2.24, 2.45) is 0 Å². The van der Waals surface area contributed by atoms with Crippen LogP contribution in [0.4, 0.5) is 0 Å². The molecule has 0 amide bonds. The Bertz CT molecular complexity index is 499. The van der Waals surface area contributed by atoms with Gasteiger partial charge in [0.2, 0.25) is 5.76 Å². The molecule has 1 heterocycles. The summed E-state index contributed by atoms with van der Waals surface area (Å²) < 4.78 is 5.20. The molecule has 0 aliphatic heterocycles. The zero-order valence-corrected chi connectivity index (χ0v) is 10.1. The van der Waals surface area contributed by atoms with Gasteiger partial charge < -0.3 is 9.52 Å². The predicted octanol–water partition coefficient (Wildman–Crippen LogP) is 3.54. The SMILES string of the molecule is O=C(O)c1ccc(CCCCc2ccccc2)o1. The zero-order chi connectivity index (χ0) is 12.8. The number of rotatable bonds is 6. The van der Waals surface area contributed by atoms with Crippen molar-refractivity contribution in [3.05, 3.63) is 59.5 Å². The number of carboxylic acids is 1. The predicted molar refractivity (Wildman–Crippen MR) is 68.8 cm³/mol. The lowest BCUT2D eigenvalue weighted by Gasteiger charge is -2.00. The van der Waals surface area contributed by atoms with E-state index in [0.29, 0.717) is 0 Å². The number of carboxylic acid groups (broad SMARTS) is 1. The monoisotopic (exact) mass is 244 g/mol. The molecule has 1 aromatic carbocycles. The van der Waals surface area contributed by atoms with Crippen LogP contribution in [-0.2, 0) is 12.8 Å². The minimum Gasteiger partial charge on any atom is -0.475 e. The second-order valence-corrected chi connectivity index (χ2v) is 4.26. The van der Waals surface area contributed by atoms with Gasteiger partial charge in [-0.05, 0) is 37.0 Å². The fourth-order valence-electron chi connectivity index (χ4n) is 1.90. The fourth-order valence-corrected chi connectivity index (χ4v) is 1.90. The van der Waals surface area contributed by atoms with E-state index in [-0.39, 0.29) is 5.76 Å². The van der Waals surface area contributed by atoms with Crippen LogP contribution in [0.1, 0.15) is 34.7 Å². The third kappa shape index (κ3) is 3.48. The Morgan fingerprint density at radius 2 is 1.72 bits per heavy atom. The maximum absolute atomic E-state index is 10.6. The normalized spacial score (nSPS) is 10.4. The topological polar surface area (TPSA) is 50.4 Å². The van der Waals surface area contributed by atoms with Crippen molar-refractivity contribution in [3.63, 3.8) is 0 Å². The third-order valence-corrected chi connectivity index (χ3v) is 2.85. The van der Waals surface area contributed by atoms with E-state index in [1.54, 1.807) is 6.07 Å². The highest BCUT2D eigenvalue weighted by molar-refractivity contribution is 5.84. The van der Waals surface area contributed by atoms with E-state index in [1.165, 1.54) is 11.6 Å². The molecule has 1 N–H and O–H groups in total. The Morgan fingerprint density at radius 3 is 2.39 bits per heavy atom. The molecule has 0 aliphatic rings. The lowest BCUT2D eigenvalue weighted by molar-refractivity contribution is 0.0660. The van der Waals surface area contributed by atoms with Gasteiger partial charge in [0.25, 0.3) is 0 Å². The lowest BCUT2D eigenvalue weighted by atomic mass is 10.1. The Hall–Kier alpha value is -2.03. The number of aryl methyl sites for hydroxylation is 2. The molecule has 3 nitrogen and oxygen atoms in total. The van der Waals surface area contributed by atoms with Gasteiger partial charge in [-0.2, -0.15) is 0 Å². The first-order valence-corrected chi connectivity index (χ1v) is 6.11. The number of furan rings is 1. The molecule has 0 bridgehead atoms. The van der Waals surface area contributed by atoms with E-state index in [9.17, 15) is 4.79 Å². The van der Waals surface area contributed by atoms with Crippen molar-refractivity contribution in [2.75, 3.05) is 0 Å². The van der Waals surface area contributed by atoms with Crippen LogP contribution in [0.3, 0.4) is 0 Å². The van der Waals surface area contributed by atoms with E-state index < -0.39 is 5.97 Å². The quantitative estimate of drug-likeness (QED) is 0.791. The Balaban J connectivity index is 1.73. The van der Waals surface area contributed by atoms with Crippen molar-refractivity contribution in [3.8, 4) is 0 Å². The van der Waals surface area contributed by atoms with Crippen molar-refractivity contribution in [1.29, 1.82) is 0 Å². The highest BCUT2D eigenvalue weighted by atomic mass is 16.4. The van der Waals surface area contributed by atoms with Crippen LogP contribution in [0.5, 0.6) is 0 Å². The van der Waals surface area contributed by atoms with Crippen molar-refractivity contribution in [2.45, 2.75) is 25.7 Å². The smallest absolute Gasteiger partial charge is 0.371 e. The van der Waals surface area contributed by atoms with Crippen LogP contribution in [-0.4, -0.2) is 11.1 Å². The Labute approximate surface area is 106 Å². The molecule has 0 aliphatic carbocycles.